The maximum absolute atomic E-state index is 15.3. The fraction of sp³-hybridized carbons (Fsp3) is 0.450. The van der Waals surface area contributed by atoms with E-state index < -0.39 is 17.2 Å². The Morgan fingerprint density at radius 2 is 2.04 bits per heavy atom. The molecule has 1 aromatic heterocycles. The summed E-state index contributed by atoms with van der Waals surface area (Å²) >= 11 is 0. The minimum absolute atomic E-state index is 0.0680. The van der Waals surface area contributed by atoms with Gasteiger partial charge in [-0.05, 0) is 31.7 Å². The van der Waals surface area contributed by atoms with E-state index in [4.69, 9.17) is 0 Å². The second-order valence-corrected chi connectivity index (χ2v) is 7.93. The number of oxime groups is 1. The Bertz CT molecular complexity index is 1100. The summed E-state index contributed by atoms with van der Waals surface area (Å²) in [5.41, 5.74) is 1.19. The van der Waals surface area contributed by atoms with Gasteiger partial charge in [0.05, 0.1) is 16.9 Å². The molecule has 2 aliphatic heterocycles. The van der Waals surface area contributed by atoms with Gasteiger partial charge in [0, 0.05) is 48.6 Å². The van der Waals surface area contributed by atoms with Crippen molar-refractivity contribution in [1.29, 1.82) is 0 Å². The molecule has 7 nitrogen and oxygen atoms in total. The average Bonchev–Trinajstić information content (AvgIpc) is 3.44. The first-order chi connectivity index (χ1) is 13.5. The second kappa shape index (κ2) is 6.05. The number of fused-ring (bicyclic) bond motifs is 5. The summed E-state index contributed by atoms with van der Waals surface area (Å²) in [6, 6.07) is 1.36. The van der Waals surface area contributed by atoms with Gasteiger partial charge in [-0.25, -0.2) is 9.18 Å². The van der Waals surface area contributed by atoms with Crippen LogP contribution in [0.25, 0.3) is 10.9 Å². The molecule has 8 heteroatoms. The van der Waals surface area contributed by atoms with Gasteiger partial charge in [-0.2, -0.15) is 0 Å². The van der Waals surface area contributed by atoms with Crippen LogP contribution in [0, 0.1) is 5.82 Å². The lowest BCUT2D eigenvalue weighted by Gasteiger charge is -2.27. The molecular weight excluding hydrogens is 365 g/mol. The van der Waals surface area contributed by atoms with Crippen LogP contribution in [-0.2, 0) is 6.42 Å². The maximum Gasteiger partial charge on any atom is 0.341 e. The van der Waals surface area contributed by atoms with E-state index in [1.807, 2.05) is 9.47 Å². The molecule has 28 heavy (non-hydrogen) atoms. The Balaban J connectivity index is 1.90. The summed E-state index contributed by atoms with van der Waals surface area (Å²) < 4.78 is 17.1. The SMILES string of the molecule is O=C(O)c1cn(C2CC2)c2c3c(c(F)cc2c1=O)N1CCCC1CC(=NO)C3. The zero-order valence-corrected chi connectivity index (χ0v) is 15.2. The Morgan fingerprint density at radius 3 is 2.71 bits per heavy atom. The third kappa shape index (κ3) is 2.43. The molecule has 1 saturated carbocycles. The van der Waals surface area contributed by atoms with Crippen LogP contribution < -0.4 is 10.3 Å². The van der Waals surface area contributed by atoms with Gasteiger partial charge in [-0.15, -0.1) is 0 Å². The van der Waals surface area contributed by atoms with Gasteiger partial charge in [0.1, 0.15) is 11.4 Å². The molecule has 2 N–H and O–H groups in total. The number of rotatable bonds is 2. The fourth-order valence-corrected chi connectivity index (χ4v) is 4.80. The Labute approximate surface area is 159 Å². The van der Waals surface area contributed by atoms with Crippen LogP contribution in [0.2, 0.25) is 0 Å². The van der Waals surface area contributed by atoms with E-state index in [-0.39, 0.29) is 29.5 Å². The van der Waals surface area contributed by atoms with Crippen LogP contribution >= 0.6 is 0 Å². The lowest BCUT2D eigenvalue weighted by atomic mass is 9.98. The highest BCUT2D eigenvalue weighted by Crippen LogP contribution is 2.43. The molecular formula is C20H20FN3O4. The van der Waals surface area contributed by atoms with Gasteiger partial charge in [-0.3, -0.25) is 4.79 Å². The van der Waals surface area contributed by atoms with E-state index in [9.17, 15) is 19.9 Å². The molecule has 3 heterocycles. The molecule has 2 fully saturated rings. The van der Waals surface area contributed by atoms with Crippen molar-refractivity contribution in [3.8, 4) is 0 Å². The first-order valence-corrected chi connectivity index (χ1v) is 9.59. The van der Waals surface area contributed by atoms with Crippen molar-refractivity contribution in [2.24, 2.45) is 5.16 Å². The molecule has 1 aromatic carbocycles. The number of aromatic carboxylic acids is 1. The minimum Gasteiger partial charge on any atom is -0.477 e. The molecule has 0 bridgehead atoms. The Morgan fingerprint density at radius 1 is 1.25 bits per heavy atom. The van der Waals surface area contributed by atoms with E-state index in [1.54, 1.807) is 0 Å². The van der Waals surface area contributed by atoms with Gasteiger partial charge in [-0.1, -0.05) is 5.16 Å². The Kier molecular flexibility index (Phi) is 3.72. The van der Waals surface area contributed by atoms with Gasteiger partial charge >= 0.3 is 5.97 Å². The van der Waals surface area contributed by atoms with Crippen LogP contribution in [0.15, 0.2) is 22.2 Å². The number of pyridine rings is 1. The summed E-state index contributed by atoms with van der Waals surface area (Å²) in [6.45, 7) is 0.708. The van der Waals surface area contributed by atoms with Crippen molar-refractivity contribution in [3.63, 3.8) is 0 Å². The number of aromatic nitrogens is 1. The molecule has 3 aliphatic rings. The number of anilines is 1. The van der Waals surface area contributed by atoms with Crippen molar-refractivity contribution >= 4 is 28.3 Å². The van der Waals surface area contributed by atoms with Gasteiger partial charge < -0.3 is 19.8 Å². The molecule has 1 aliphatic carbocycles. The standard InChI is InChI=1S/C20H20FN3O4/c21-16-8-14-17(24(11-3-4-11)9-15(19(14)25)20(26)27)13-7-10(22-28)6-12-2-1-5-23(12)18(13)16/h8-9,11-12,28H,1-7H2,(H,26,27). The third-order valence-electron chi connectivity index (χ3n) is 6.17. The number of carboxylic acids is 1. The second-order valence-electron chi connectivity index (χ2n) is 7.93. The number of carbonyl (C=O) groups is 1. The molecule has 0 amide bonds. The maximum atomic E-state index is 15.3. The minimum atomic E-state index is -1.31. The highest BCUT2D eigenvalue weighted by molar-refractivity contribution is 5.99. The molecule has 1 unspecified atom stereocenters. The summed E-state index contributed by atoms with van der Waals surface area (Å²) in [4.78, 5) is 26.4. The summed E-state index contributed by atoms with van der Waals surface area (Å²) in [5.74, 6) is -1.83. The number of hydrogen-bond donors (Lipinski definition) is 2. The van der Waals surface area contributed by atoms with Gasteiger partial charge in [0.25, 0.3) is 0 Å². The van der Waals surface area contributed by atoms with E-state index in [1.165, 1.54) is 12.3 Å². The first kappa shape index (κ1) is 17.2. The molecule has 0 radical (unpaired) electrons. The van der Waals surface area contributed by atoms with E-state index >= 15 is 4.39 Å². The highest BCUT2D eigenvalue weighted by atomic mass is 19.1. The number of halogens is 1. The average molecular weight is 385 g/mol. The first-order valence-electron chi connectivity index (χ1n) is 9.59. The van der Waals surface area contributed by atoms with Crippen molar-refractivity contribution in [1.82, 2.24) is 4.57 Å². The molecule has 1 atom stereocenters. The quantitative estimate of drug-likeness (QED) is 0.612. The molecule has 146 valence electrons. The van der Waals surface area contributed by atoms with Gasteiger partial charge in [0.15, 0.2) is 0 Å². The smallest absolute Gasteiger partial charge is 0.341 e. The summed E-state index contributed by atoms with van der Waals surface area (Å²) in [5, 5.41) is 22.5. The van der Waals surface area contributed by atoms with E-state index in [2.05, 4.69) is 5.16 Å². The number of nitrogens with zero attached hydrogens (tertiary/aromatic N) is 3. The van der Waals surface area contributed by atoms with E-state index in [0.29, 0.717) is 35.4 Å². The normalized spacial score (nSPS) is 23.0. The number of carboxylic acid groups (broad SMARTS) is 1. The zero-order valence-electron chi connectivity index (χ0n) is 15.2. The van der Waals surface area contributed by atoms with Crippen molar-refractivity contribution in [2.75, 3.05) is 11.4 Å². The van der Waals surface area contributed by atoms with Crippen LogP contribution in [-0.4, -0.2) is 39.1 Å². The monoisotopic (exact) mass is 385 g/mol. The number of hydrogen-bond acceptors (Lipinski definition) is 5. The number of benzene rings is 1. The summed E-state index contributed by atoms with van der Waals surface area (Å²) in [7, 11) is 0. The lowest BCUT2D eigenvalue weighted by molar-refractivity contribution is 0.0695. The van der Waals surface area contributed by atoms with Crippen LogP contribution in [0.4, 0.5) is 10.1 Å². The third-order valence-corrected chi connectivity index (χ3v) is 6.17. The predicted molar refractivity (Wildman–Crippen MR) is 101 cm³/mol. The predicted octanol–water partition coefficient (Wildman–Crippen LogP) is 2.92. The van der Waals surface area contributed by atoms with Crippen molar-refractivity contribution < 1.29 is 19.5 Å². The molecule has 2 aromatic rings. The van der Waals surface area contributed by atoms with Crippen molar-refractivity contribution in [3.05, 3.63) is 39.4 Å². The Hall–Kier alpha value is -2.90. The largest absolute Gasteiger partial charge is 0.477 e. The molecule has 0 spiro atoms. The highest BCUT2D eigenvalue weighted by Gasteiger charge is 2.36. The van der Waals surface area contributed by atoms with Crippen molar-refractivity contribution in [2.45, 2.75) is 50.6 Å². The molecule has 5 rings (SSSR count). The van der Waals surface area contributed by atoms with Crippen LogP contribution in [0.5, 0.6) is 0 Å². The fourth-order valence-electron chi connectivity index (χ4n) is 4.80. The van der Waals surface area contributed by atoms with E-state index in [0.717, 1.165) is 25.7 Å². The van der Waals surface area contributed by atoms with Gasteiger partial charge in [0.2, 0.25) is 5.43 Å². The lowest BCUT2D eigenvalue weighted by Crippen LogP contribution is -2.30. The van der Waals surface area contributed by atoms with Crippen LogP contribution in [0.3, 0.4) is 0 Å². The summed E-state index contributed by atoms with van der Waals surface area (Å²) in [6.07, 6.45) is 5.77. The van der Waals surface area contributed by atoms with Crippen LogP contribution in [0.1, 0.15) is 54.1 Å². The topological polar surface area (TPSA) is 95.1 Å². The molecule has 1 saturated heterocycles. The zero-order chi connectivity index (χ0) is 19.6.